The number of halogens is 1. The Kier molecular flexibility index (Phi) is 6.08. The lowest BCUT2D eigenvalue weighted by Gasteiger charge is -2.19. The lowest BCUT2D eigenvalue weighted by molar-refractivity contribution is -0.149. The zero-order valence-corrected chi connectivity index (χ0v) is 14.7. The first-order valence-electron chi connectivity index (χ1n) is 8.96. The summed E-state index contributed by atoms with van der Waals surface area (Å²) < 4.78 is 0. The van der Waals surface area contributed by atoms with E-state index in [2.05, 4.69) is 11.2 Å². The van der Waals surface area contributed by atoms with Crippen molar-refractivity contribution in [3.05, 3.63) is 40.4 Å². The summed E-state index contributed by atoms with van der Waals surface area (Å²) in [6.45, 7) is 0. The molecule has 0 spiro atoms. The van der Waals surface area contributed by atoms with E-state index in [1.807, 2.05) is 24.3 Å². The summed E-state index contributed by atoms with van der Waals surface area (Å²) in [5.74, 6) is -0.117. The fourth-order valence-electron chi connectivity index (χ4n) is 3.45. The minimum Gasteiger partial charge on any atom is -0.318 e. The standard InChI is InChI=1S/C20H24ClNO2/c21-18-12-10-15(11-13-18)14-17-8-4-5-9-19(17)22-24-20(23)16-6-2-1-3-7-16/h10-14,16H,1-9H2/b17-14+,22-19-. The van der Waals surface area contributed by atoms with Crippen LogP contribution in [0.1, 0.15) is 63.4 Å². The number of carbonyl (C=O) groups is 1. The molecule has 2 saturated carbocycles. The van der Waals surface area contributed by atoms with Gasteiger partial charge in [0.15, 0.2) is 0 Å². The highest BCUT2D eigenvalue weighted by atomic mass is 35.5. The van der Waals surface area contributed by atoms with Gasteiger partial charge in [-0.05, 0) is 67.9 Å². The maximum atomic E-state index is 12.2. The van der Waals surface area contributed by atoms with Crippen LogP contribution in [0.2, 0.25) is 5.02 Å². The van der Waals surface area contributed by atoms with Crippen LogP contribution in [0.25, 0.3) is 6.08 Å². The van der Waals surface area contributed by atoms with Crippen LogP contribution in [0.15, 0.2) is 35.0 Å². The molecule has 0 N–H and O–H groups in total. The first-order valence-corrected chi connectivity index (χ1v) is 9.34. The van der Waals surface area contributed by atoms with Crippen LogP contribution < -0.4 is 0 Å². The topological polar surface area (TPSA) is 38.7 Å². The number of allylic oxidation sites excluding steroid dienone is 1. The second-order valence-corrected chi connectivity index (χ2v) is 7.15. The van der Waals surface area contributed by atoms with Crippen LogP contribution in [0, 0.1) is 5.92 Å². The Morgan fingerprint density at radius 2 is 1.75 bits per heavy atom. The van der Waals surface area contributed by atoms with Crippen LogP contribution in [-0.2, 0) is 9.63 Å². The Labute approximate surface area is 148 Å². The molecule has 4 heteroatoms. The second-order valence-electron chi connectivity index (χ2n) is 6.71. The van der Waals surface area contributed by atoms with E-state index in [0.717, 1.165) is 67.7 Å². The van der Waals surface area contributed by atoms with E-state index in [1.54, 1.807) is 0 Å². The molecule has 2 aliphatic carbocycles. The number of benzene rings is 1. The first-order chi connectivity index (χ1) is 11.7. The monoisotopic (exact) mass is 345 g/mol. The van der Waals surface area contributed by atoms with Gasteiger partial charge in [0.05, 0.1) is 11.6 Å². The Hall–Kier alpha value is -1.61. The van der Waals surface area contributed by atoms with Gasteiger partial charge in [-0.15, -0.1) is 0 Å². The van der Waals surface area contributed by atoms with Crippen molar-refractivity contribution in [2.24, 2.45) is 11.1 Å². The van der Waals surface area contributed by atoms with Crippen molar-refractivity contribution in [3.8, 4) is 0 Å². The van der Waals surface area contributed by atoms with Gasteiger partial charge in [-0.3, -0.25) is 0 Å². The molecule has 128 valence electrons. The van der Waals surface area contributed by atoms with Crippen molar-refractivity contribution in [3.63, 3.8) is 0 Å². The molecule has 0 aromatic heterocycles. The van der Waals surface area contributed by atoms with E-state index < -0.39 is 0 Å². The molecule has 0 unspecified atom stereocenters. The highest BCUT2D eigenvalue weighted by Gasteiger charge is 2.23. The maximum Gasteiger partial charge on any atom is 0.338 e. The number of carbonyl (C=O) groups excluding carboxylic acids is 1. The van der Waals surface area contributed by atoms with Gasteiger partial charge in [0, 0.05) is 5.02 Å². The van der Waals surface area contributed by atoms with Crippen molar-refractivity contribution in [1.29, 1.82) is 0 Å². The average Bonchev–Trinajstić information content (AvgIpc) is 2.63. The SMILES string of the molecule is O=C(O/N=C1/CCCC/C1=C\c1ccc(Cl)cc1)C1CCCCC1. The van der Waals surface area contributed by atoms with Gasteiger partial charge in [0.1, 0.15) is 0 Å². The summed E-state index contributed by atoms with van der Waals surface area (Å²) in [4.78, 5) is 17.5. The zero-order chi connectivity index (χ0) is 16.8. The molecule has 24 heavy (non-hydrogen) atoms. The predicted octanol–water partition coefficient (Wildman–Crippen LogP) is 5.78. The molecule has 0 radical (unpaired) electrons. The fraction of sp³-hybridized carbons (Fsp3) is 0.500. The third-order valence-electron chi connectivity index (χ3n) is 4.88. The molecule has 0 heterocycles. The van der Waals surface area contributed by atoms with Crippen LogP contribution in [-0.4, -0.2) is 11.7 Å². The molecular weight excluding hydrogens is 322 g/mol. The van der Waals surface area contributed by atoms with Gasteiger partial charge in [-0.2, -0.15) is 0 Å². The summed E-state index contributed by atoms with van der Waals surface area (Å²) in [5.41, 5.74) is 3.18. The molecule has 3 nitrogen and oxygen atoms in total. The van der Waals surface area contributed by atoms with Gasteiger partial charge in [0.2, 0.25) is 0 Å². The summed E-state index contributed by atoms with van der Waals surface area (Å²) in [7, 11) is 0. The molecule has 0 amide bonds. The summed E-state index contributed by atoms with van der Waals surface area (Å²) in [5, 5.41) is 4.96. The smallest absolute Gasteiger partial charge is 0.318 e. The fourth-order valence-corrected chi connectivity index (χ4v) is 3.57. The highest BCUT2D eigenvalue weighted by molar-refractivity contribution is 6.30. The minimum atomic E-state index is -0.154. The van der Waals surface area contributed by atoms with E-state index in [1.165, 1.54) is 12.0 Å². The number of hydrogen-bond donors (Lipinski definition) is 0. The van der Waals surface area contributed by atoms with E-state index in [-0.39, 0.29) is 11.9 Å². The van der Waals surface area contributed by atoms with Gasteiger partial charge in [-0.25, -0.2) is 4.79 Å². The Balaban J connectivity index is 1.69. The number of oxime groups is 1. The summed E-state index contributed by atoms with van der Waals surface area (Å²) >= 11 is 5.94. The van der Waals surface area contributed by atoms with Crippen LogP contribution in [0.5, 0.6) is 0 Å². The van der Waals surface area contributed by atoms with Crippen LogP contribution >= 0.6 is 11.6 Å². The number of hydrogen-bond acceptors (Lipinski definition) is 3. The molecule has 0 aliphatic heterocycles. The quantitative estimate of drug-likeness (QED) is 0.514. The van der Waals surface area contributed by atoms with E-state index in [4.69, 9.17) is 16.4 Å². The molecule has 3 rings (SSSR count). The molecule has 0 atom stereocenters. The van der Waals surface area contributed by atoms with Crippen molar-refractivity contribution in [2.45, 2.75) is 57.8 Å². The lowest BCUT2D eigenvalue weighted by atomic mass is 9.89. The molecule has 1 aromatic carbocycles. The predicted molar refractivity (Wildman–Crippen MR) is 98.0 cm³/mol. The maximum absolute atomic E-state index is 12.2. The van der Waals surface area contributed by atoms with Crippen LogP contribution in [0.4, 0.5) is 0 Å². The third-order valence-corrected chi connectivity index (χ3v) is 5.13. The Bertz CT molecular complexity index is 628. The number of rotatable bonds is 3. The molecule has 1 aromatic rings. The van der Waals surface area contributed by atoms with Gasteiger partial charge < -0.3 is 4.84 Å². The van der Waals surface area contributed by atoms with E-state index in [9.17, 15) is 4.79 Å². The van der Waals surface area contributed by atoms with Gasteiger partial charge >= 0.3 is 5.97 Å². The Morgan fingerprint density at radius 1 is 1.04 bits per heavy atom. The highest BCUT2D eigenvalue weighted by Crippen LogP contribution is 2.26. The second kappa shape index (κ2) is 8.48. The van der Waals surface area contributed by atoms with E-state index >= 15 is 0 Å². The van der Waals surface area contributed by atoms with Gasteiger partial charge in [0.25, 0.3) is 0 Å². The average molecular weight is 346 g/mol. The summed E-state index contributed by atoms with van der Waals surface area (Å²) in [6, 6.07) is 7.76. The first kappa shape index (κ1) is 17.2. The van der Waals surface area contributed by atoms with Gasteiger partial charge in [-0.1, -0.05) is 48.2 Å². The zero-order valence-electron chi connectivity index (χ0n) is 14.0. The van der Waals surface area contributed by atoms with Crippen molar-refractivity contribution in [1.82, 2.24) is 0 Å². The Morgan fingerprint density at radius 3 is 2.50 bits per heavy atom. The molecule has 0 bridgehead atoms. The lowest BCUT2D eigenvalue weighted by Crippen LogP contribution is -2.20. The van der Waals surface area contributed by atoms with Crippen molar-refractivity contribution >= 4 is 29.4 Å². The van der Waals surface area contributed by atoms with Crippen molar-refractivity contribution < 1.29 is 9.63 Å². The van der Waals surface area contributed by atoms with Crippen LogP contribution in [0.3, 0.4) is 0 Å². The molecular formula is C20H24ClNO2. The molecule has 2 fully saturated rings. The molecule has 2 aliphatic rings. The summed E-state index contributed by atoms with van der Waals surface area (Å²) in [6.07, 6.45) is 11.6. The minimum absolute atomic E-state index is 0.0374. The largest absolute Gasteiger partial charge is 0.338 e. The van der Waals surface area contributed by atoms with Crippen molar-refractivity contribution in [2.75, 3.05) is 0 Å². The normalized spacial score (nSPS) is 22.7. The third kappa shape index (κ3) is 4.70. The van der Waals surface area contributed by atoms with E-state index in [0.29, 0.717) is 0 Å². The number of nitrogens with zero attached hydrogens (tertiary/aromatic N) is 1. The molecule has 0 saturated heterocycles.